The number of benzene rings is 1. The van der Waals surface area contributed by atoms with Gasteiger partial charge in [-0.2, -0.15) is 11.8 Å². The van der Waals surface area contributed by atoms with E-state index in [1.807, 2.05) is 6.26 Å². The molecule has 0 heterocycles. The number of amides is 1. The van der Waals surface area contributed by atoms with Crippen molar-refractivity contribution in [3.8, 4) is 0 Å². The number of nitrogens with one attached hydrogen (secondary N) is 2. The maximum absolute atomic E-state index is 13.6. The highest BCUT2D eigenvalue weighted by atomic mass is 32.2. The standard InChI is InChI=1S/C15H20FN3O2S/c1-8(16)14(22-3)9-4-5-10(12(6-9)19-2)13(17)11(7-20)15(18)21/h4-8,14,17,19-20H,1-3H3,(H2,18,21)/b11-7-,17-13?. The molecule has 1 aromatic carbocycles. The van der Waals surface area contributed by atoms with Gasteiger partial charge in [0.25, 0.3) is 5.91 Å². The second kappa shape index (κ2) is 7.84. The maximum atomic E-state index is 13.6. The van der Waals surface area contributed by atoms with Crippen LogP contribution >= 0.6 is 11.8 Å². The second-order valence-corrected chi connectivity index (χ2v) is 5.65. The summed E-state index contributed by atoms with van der Waals surface area (Å²) < 4.78 is 13.6. The number of nitrogens with two attached hydrogens (primary N) is 1. The second-order valence-electron chi connectivity index (χ2n) is 4.67. The fourth-order valence-electron chi connectivity index (χ4n) is 2.15. The molecule has 0 aliphatic heterocycles. The predicted octanol–water partition coefficient (Wildman–Crippen LogP) is 2.79. The van der Waals surface area contributed by atoms with Crippen LogP contribution in [0.25, 0.3) is 0 Å². The van der Waals surface area contributed by atoms with Gasteiger partial charge in [-0.25, -0.2) is 4.39 Å². The van der Waals surface area contributed by atoms with Gasteiger partial charge in [-0.05, 0) is 24.8 Å². The largest absolute Gasteiger partial charge is 0.515 e. The summed E-state index contributed by atoms with van der Waals surface area (Å²) in [6, 6.07) is 5.05. The lowest BCUT2D eigenvalue weighted by molar-refractivity contribution is -0.114. The Balaban J connectivity index is 3.30. The SMILES string of the molecule is CNc1cc(C(SC)C(C)F)ccc1C(=N)/C(=C/O)C(N)=O. The highest BCUT2D eigenvalue weighted by molar-refractivity contribution is 7.98. The van der Waals surface area contributed by atoms with Gasteiger partial charge < -0.3 is 16.2 Å². The van der Waals surface area contributed by atoms with E-state index in [1.165, 1.54) is 18.7 Å². The van der Waals surface area contributed by atoms with Crippen molar-refractivity contribution in [2.24, 2.45) is 5.73 Å². The van der Waals surface area contributed by atoms with E-state index in [4.69, 9.17) is 16.2 Å². The highest BCUT2D eigenvalue weighted by Crippen LogP contribution is 2.34. The van der Waals surface area contributed by atoms with Crippen LogP contribution in [0.3, 0.4) is 0 Å². The van der Waals surface area contributed by atoms with Crippen LogP contribution in [0.5, 0.6) is 0 Å². The molecule has 0 aliphatic rings. The van der Waals surface area contributed by atoms with E-state index in [2.05, 4.69) is 5.32 Å². The minimum absolute atomic E-state index is 0.195. The molecule has 2 unspecified atom stereocenters. The van der Waals surface area contributed by atoms with Crippen LogP contribution in [0.4, 0.5) is 10.1 Å². The quantitative estimate of drug-likeness (QED) is 0.352. The summed E-state index contributed by atoms with van der Waals surface area (Å²) in [5.74, 6) is -0.891. The number of aliphatic hydroxyl groups is 1. The first-order valence-electron chi connectivity index (χ1n) is 6.59. The number of rotatable bonds is 7. The highest BCUT2D eigenvalue weighted by Gasteiger charge is 2.21. The van der Waals surface area contributed by atoms with Gasteiger partial charge in [0.2, 0.25) is 0 Å². The molecule has 0 spiro atoms. The maximum Gasteiger partial charge on any atom is 0.254 e. The zero-order valence-corrected chi connectivity index (χ0v) is 13.5. The third kappa shape index (κ3) is 3.79. The van der Waals surface area contributed by atoms with Crippen molar-refractivity contribution in [1.82, 2.24) is 0 Å². The summed E-state index contributed by atoms with van der Waals surface area (Å²) in [4.78, 5) is 11.2. The molecule has 5 N–H and O–H groups in total. The molecule has 7 heteroatoms. The Morgan fingerprint density at radius 3 is 2.59 bits per heavy atom. The minimum Gasteiger partial charge on any atom is -0.515 e. The molecule has 0 bridgehead atoms. The molecule has 0 fully saturated rings. The zero-order chi connectivity index (χ0) is 16.9. The van der Waals surface area contributed by atoms with Crippen molar-refractivity contribution in [3.05, 3.63) is 41.2 Å². The number of primary amides is 1. The molecule has 0 aromatic heterocycles. The Morgan fingerprint density at radius 1 is 1.55 bits per heavy atom. The van der Waals surface area contributed by atoms with Crippen LogP contribution in [0, 0.1) is 5.41 Å². The molecule has 22 heavy (non-hydrogen) atoms. The van der Waals surface area contributed by atoms with Gasteiger partial charge in [-0.3, -0.25) is 10.2 Å². The summed E-state index contributed by atoms with van der Waals surface area (Å²) in [6.07, 6.45) is 1.32. The van der Waals surface area contributed by atoms with Crippen LogP contribution < -0.4 is 11.1 Å². The Hall–Kier alpha value is -2.02. The summed E-state index contributed by atoms with van der Waals surface area (Å²) in [5.41, 5.74) is 6.39. The lowest BCUT2D eigenvalue weighted by Gasteiger charge is -2.19. The molecule has 120 valence electrons. The van der Waals surface area contributed by atoms with E-state index in [9.17, 15) is 9.18 Å². The minimum atomic E-state index is -1.02. The monoisotopic (exact) mass is 325 g/mol. The molecule has 1 rings (SSSR count). The van der Waals surface area contributed by atoms with Gasteiger partial charge in [0.05, 0.1) is 22.8 Å². The van der Waals surface area contributed by atoms with Gasteiger partial charge in [0, 0.05) is 18.3 Å². The van der Waals surface area contributed by atoms with Crippen LogP contribution in [-0.2, 0) is 4.79 Å². The first-order valence-corrected chi connectivity index (χ1v) is 7.88. The van der Waals surface area contributed by atoms with Crippen molar-refractivity contribution < 1.29 is 14.3 Å². The molecular formula is C15H20FN3O2S. The fraction of sp³-hybridized carbons (Fsp3) is 0.333. The summed E-state index contributed by atoms with van der Waals surface area (Å²) in [7, 11) is 1.66. The number of aliphatic hydroxyl groups excluding tert-OH is 1. The van der Waals surface area contributed by atoms with Crippen molar-refractivity contribution in [2.75, 3.05) is 18.6 Å². The Kier molecular flexibility index (Phi) is 6.42. The lowest BCUT2D eigenvalue weighted by atomic mass is 9.97. The summed E-state index contributed by atoms with van der Waals surface area (Å²) in [6.45, 7) is 1.50. The van der Waals surface area contributed by atoms with E-state index in [-0.39, 0.29) is 16.5 Å². The normalized spacial score (nSPS) is 14.3. The smallest absolute Gasteiger partial charge is 0.254 e. The molecule has 0 saturated heterocycles. The van der Waals surface area contributed by atoms with E-state index < -0.39 is 12.1 Å². The number of carbonyl (C=O) groups excluding carboxylic acids is 1. The van der Waals surface area contributed by atoms with Crippen LogP contribution in [-0.4, -0.2) is 36.2 Å². The van der Waals surface area contributed by atoms with E-state index >= 15 is 0 Å². The fourth-order valence-corrected chi connectivity index (χ4v) is 2.94. The number of hydrogen-bond acceptors (Lipinski definition) is 5. The zero-order valence-electron chi connectivity index (χ0n) is 12.7. The van der Waals surface area contributed by atoms with Crippen molar-refractivity contribution >= 4 is 29.1 Å². The average molecular weight is 325 g/mol. The summed E-state index contributed by atoms with van der Waals surface area (Å²) in [5, 5.41) is 19.7. The Morgan fingerprint density at radius 2 is 2.18 bits per heavy atom. The van der Waals surface area contributed by atoms with E-state index in [1.54, 1.807) is 25.2 Å². The van der Waals surface area contributed by atoms with Gasteiger partial charge in [-0.15, -0.1) is 0 Å². The van der Waals surface area contributed by atoms with E-state index in [0.717, 1.165) is 5.56 Å². The number of halogens is 1. The van der Waals surface area contributed by atoms with Gasteiger partial charge in [0.15, 0.2) is 0 Å². The number of thioether (sulfide) groups is 1. The molecule has 1 aromatic rings. The van der Waals surface area contributed by atoms with Crippen LogP contribution in [0.15, 0.2) is 30.0 Å². The molecule has 0 aliphatic carbocycles. The van der Waals surface area contributed by atoms with Crippen molar-refractivity contribution in [1.29, 1.82) is 5.41 Å². The molecular weight excluding hydrogens is 305 g/mol. The van der Waals surface area contributed by atoms with Crippen LogP contribution in [0.2, 0.25) is 0 Å². The first-order chi connectivity index (χ1) is 10.4. The predicted molar refractivity (Wildman–Crippen MR) is 89.5 cm³/mol. The third-order valence-electron chi connectivity index (χ3n) is 3.25. The number of alkyl halides is 1. The first kappa shape index (κ1) is 18.0. The van der Waals surface area contributed by atoms with Crippen molar-refractivity contribution in [3.63, 3.8) is 0 Å². The van der Waals surface area contributed by atoms with Gasteiger partial charge >= 0.3 is 0 Å². The molecule has 0 radical (unpaired) electrons. The molecule has 1 amide bonds. The molecule has 5 nitrogen and oxygen atoms in total. The third-order valence-corrected chi connectivity index (χ3v) is 4.40. The molecule has 0 saturated carbocycles. The number of hydrogen-bond donors (Lipinski definition) is 4. The van der Waals surface area contributed by atoms with Gasteiger partial charge in [0.1, 0.15) is 6.17 Å². The topological polar surface area (TPSA) is 99.2 Å². The molecule has 2 atom stereocenters. The lowest BCUT2D eigenvalue weighted by Crippen LogP contribution is -2.22. The average Bonchev–Trinajstić information content (AvgIpc) is 2.47. The summed E-state index contributed by atoms with van der Waals surface area (Å²) >= 11 is 1.40. The Labute approximate surface area is 133 Å². The number of carbonyl (C=O) groups is 1. The van der Waals surface area contributed by atoms with E-state index in [0.29, 0.717) is 17.5 Å². The van der Waals surface area contributed by atoms with Gasteiger partial charge in [-0.1, -0.05) is 12.1 Å². The Bertz CT molecular complexity index is 602. The van der Waals surface area contributed by atoms with Crippen molar-refractivity contribution in [2.45, 2.75) is 18.3 Å². The number of anilines is 1. The van der Waals surface area contributed by atoms with Crippen LogP contribution in [0.1, 0.15) is 23.3 Å².